The van der Waals surface area contributed by atoms with Gasteiger partial charge in [-0.3, -0.25) is 4.79 Å². The average Bonchev–Trinajstić information content (AvgIpc) is 3.30. The number of nitrogens with two attached hydrogens (primary N) is 2. The Morgan fingerprint density at radius 2 is 1.96 bits per heavy atom. The molecule has 0 radical (unpaired) electrons. The fraction of sp³-hybridized carbons (Fsp3) is 0.143. The van der Waals surface area contributed by atoms with Gasteiger partial charge in [0.25, 0.3) is 0 Å². The second kappa shape index (κ2) is 6.16. The molecule has 1 atom stereocenters. The minimum absolute atomic E-state index is 0.0843. The summed E-state index contributed by atoms with van der Waals surface area (Å²) in [5.74, 6) is -0.124. The number of rotatable bonds is 3. The summed E-state index contributed by atoms with van der Waals surface area (Å²) in [5, 5.41) is 5.57. The van der Waals surface area contributed by atoms with E-state index < -0.39 is 5.91 Å². The highest BCUT2D eigenvalue weighted by Gasteiger charge is 2.28. The maximum absolute atomic E-state index is 11.6. The molecule has 138 valence electrons. The molecule has 1 unspecified atom stereocenters. The van der Waals surface area contributed by atoms with Crippen LogP contribution in [0, 0.1) is 0 Å². The van der Waals surface area contributed by atoms with Gasteiger partial charge in [0.1, 0.15) is 17.8 Å². The number of hydrogen-bond donors (Lipinski definition) is 2. The molecule has 0 fully saturated rings. The van der Waals surface area contributed by atoms with E-state index >= 15 is 0 Å². The summed E-state index contributed by atoms with van der Waals surface area (Å²) in [4.78, 5) is 20.3. The Balaban J connectivity index is 1.75. The number of hydrogen-bond acceptors (Lipinski definition) is 5. The van der Waals surface area contributed by atoms with E-state index in [1.807, 2.05) is 16.8 Å². The van der Waals surface area contributed by atoms with Crippen LogP contribution in [0.5, 0.6) is 0 Å². The van der Waals surface area contributed by atoms with E-state index in [1.54, 1.807) is 18.2 Å². The standard InChI is InChI=1S/C21H18N6O/c22-19-17-18(13-5-3-6-14(10-13)20(23)28)26-27(21(17)25-11-24-19)16-9-8-12-4-1-2-7-15(12)16/h1-7,10-11,16H,8-9H2,(H2,23,28)(H2,22,24,25). The number of amides is 1. The first-order chi connectivity index (χ1) is 13.6. The van der Waals surface area contributed by atoms with E-state index in [2.05, 4.69) is 28.2 Å². The van der Waals surface area contributed by atoms with E-state index in [-0.39, 0.29) is 6.04 Å². The van der Waals surface area contributed by atoms with Crippen molar-refractivity contribution < 1.29 is 4.79 Å². The molecule has 0 aliphatic heterocycles. The number of aromatic nitrogens is 4. The van der Waals surface area contributed by atoms with Gasteiger partial charge in [-0.2, -0.15) is 5.10 Å². The zero-order valence-corrected chi connectivity index (χ0v) is 15.0. The minimum atomic E-state index is -0.487. The third-order valence-electron chi connectivity index (χ3n) is 5.34. The summed E-state index contributed by atoms with van der Waals surface area (Å²) < 4.78 is 1.94. The second-order valence-corrected chi connectivity index (χ2v) is 6.95. The summed E-state index contributed by atoms with van der Waals surface area (Å²) in [7, 11) is 0. The quantitative estimate of drug-likeness (QED) is 0.576. The summed E-state index contributed by atoms with van der Waals surface area (Å²) in [5.41, 5.74) is 16.7. The van der Waals surface area contributed by atoms with E-state index in [4.69, 9.17) is 16.6 Å². The molecule has 1 amide bonds. The molecule has 5 rings (SSSR count). The molecule has 7 heteroatoms. The van der Waals surface area contributed by atoms with Crippen molar-refractivity contribution in [1.29, 1.82) is 0 Å². The SMILES string of the molecule is NC(=O)c1cccc(-c2nn(C3CCc4ccccc43)c3ncnc(N)c23)c1. The van der Waals surface area contributed by atoms with Crippen LogP contribution in [0.1, 0.15) is 33.9 Å². The van der Waals surface area contributed by atoms with Crippen LogP contribution in [-0.2, 0) is 6.42 Å². The molecule has 2 aromatic carbocycles. The number of aryl methyl sites for hydroxylation is 1. The normalized spacial score (nSPS) is 15.6. The molecule has 4 aromatic rings. The molecule has 4 N–H and O–H groups in total. The van der Waals surface area contributed by atoms with Gasteiger partial charge in [0, 0.05) is 11.1 Å². The van der Waals surface area contributed by atoms with Crippen molar-refractivity contribution in [2.45, 2.75) is 18.9 Å². The van der Waals surface area contributed by atoms with Crippen molar-refractivity contribution in [3.05, 3.63) is 71.5 Å². The van der Waals surface area contributed by atoms with Crippen molar-refractivity contribution >= 4 is 22.8 Å². The van der Waals surface area contributed by atoms with Crippen molar-refractivity contribution in [2.75, 3.05) is 5.73 Å². The lowest BCUT2D eigenvalue weighted by Crippen LogP contribution is -2.11. The van der Waals surface area contributed by atoms with Gasteiger partial charge in [-0.25, -0.2) is 14.6 Å². The molecular weight excluding hydrogens is 352 g/mol. The van der Waals surface area contributed by atoms with E-state index in [0.717, 1.165) is 18.4 Å². The Hall–Kier alpha value is -3.74. The molecular formula is C21H18N6O. The van der Waals surface area contributed by atoms with Crippen LogP contribution in [0.3, 0.4) is 0 Å². The van der Waals surface area contributed by atoms with Crippen molar-refractivity contribution in [2.24, 2.45) is 5.73 Å². The molecule has 0 saturated heterocycles. The van der Waals surface area contributed by atoms with Crippen molar-refractivity contribution in [3.63, 3.8) is 0 Å². The molecule has 2 aromatic heterocycles. The lowest BCUT2D eigenvalue weighted by molar-refractivity contribution is 0.100. The van der Waals surface area contributed by atoms with Gasteiger partial charge >= 0.3 is 0 Å². The van der Waals surface area contributed by atoms with Gasteiger partial charge in [0.05, 0.1) is 11.4 Å². The average molecular weight is 370 g/mol. The number of carbonyl (C=O) groups excluding carboxylic acids is 1. The highest BCUT2D eigenvalue weighted by atomic mass is 16.1. The molecule has 0 bridgehead atoms. The van der Waals surface area contributed by atoms with Gasteiger partial charge in [0.15, 0.2) is 5.65 Å². The lowest BCUT2D eigenvalue weighted by Gasteiger charge is -2.13. The molecule has 28 heavy (non-hydrogen) atoms. The number of primary amides is 1. The Morgan fingerprint density at radius 1 is 1.11 bits per heavy atom. The third kappa shape index (κ3) is 2.44. The van der Waals surface area contributed by atoms with Crippen LogP contribution in [0.2, 0.25) is 0 Å². The fourth-order valence-electron chi connectivity index (χ4n) is 4.02. The Bertz CT molecular complexity index is 1230. The molecule has 0 saturated carbocycles. The van der Waals surface area contributed by atoms with E-state index in [1.165, 1.54) is 17.5 Å². The number of fused-ring (bicyclic) bond motifs is 2. The van der Waals surface area contributed by atoms with Crippen LogP contribution in [0.15, 0.2) is 54.9 Å². The van der Waals surface area contributed by atoms with E-state index in [0.29, 0.717) is 28.1 Å². The summed E-state index contributed by atoms with van der Waals surface area (Å²) in [6.45, 7) is 0. The van der Waals surface area contributed by atoms with Crippen LogP contribution in [-0.4, -0.2) is 25.7 Å². The van der Waals surface area contributed by atoms with Crippen molar-refractivity contribution in [3.8, 4) is 11.3 Å². The predicted molar refractivity (Wildman–Crippen MR) is 107 cm³/mol. The van der Waals surface area contributed by atoms with Crippen LogP contribution >= 0.6 is 0 Å². The van der Waals surface area contributed by atoms with Crippen molar-refractivity contribution in [1.82, 2.24) is 19.7 Å². The first kappa shape index (κ1) is 16.4. The number of nitrogen functional groups attached to an aromatic ring is 1. The number of carbonyl (C=O) groups is 1. The highest BCUT2D eigenvalue weighted by molar-refractivity contribution is 6.00. The van der Waals surface area contributed by atoms with Gasteiger partial charge < -0.3 is 11.5 Å². The molecule has 1 aliphatic rings. The van der Waals surface area contributed by atoms with Crippen LogP contribution in [0.25, 0.3) is 22.3 Å². The number of anilines is 1. The predicted octanol–water partition coefficient (Wildman–Crippen LogP) is 2.71. The van der Waals surface area contributed by atoms with Gasteiger partial charge in [-0.05, 0) is 36.1 Å². The van der Waals surface area contributed by atoms with E-state index in [9.17, 15) is 4.79 Å². The fourth-order valence-corrected chi connectivity index (χ4v) is 4.02. The summed E-state index contributed by atoms with van der Waals surface area (Å²) in [6.07, 6.45) is 3.40. The zero-order chi connectivity index (χ0) is 19.3. The van der Waals surface area contributed by atoms with Crippen LogP contribution < -0.4 is 11.5 Å². The summed E-state index contributed by atoms with van der Waals surface area (Å²) >= 11 is 0. The first-order valence-electron chi connectivity index (χ1n) is 9.10. The molecule has 2 heterocycles. The Labute approximate surface area is 161 Å². The Kier molecular flexibility index (Phi) is 3.61. The van der Waals surface area contributed by atoms with Gasteiger partial charge in [0.2, 0.25) is 5.91 Å². The van der Waals surface area contributed by atoms with Crippen LogP contribution in [0.4, 0.5) is 5.82 Å². The second-order valence-electron chi connectivity index (χ2n) is 6.95. The Morgan fingerprint density at radius 3 is 2.82 bits per heavy atom. The first-order valence-corrected chi connectivity index (χ1v) is 9.10. The van der Waals surface area contributed by atoms with Gasteiger partial charge in [-0.15, -0.1) is 0 Å². The molecule has 1 aliphatic carbocycles. The number of benzene rings is 2. The topological polar surface area (TPSA) is 113 Å². The zero-order valence-electron chi connectivity index (χ0n) is 15.0. The number of nitrogens with zero attached hydrogens (tertiary/aromatic N) is 4. The smallest absolute Gasteiger partial charge is 0.248 e. The minimum Gasteiger partial charge on any atom is -0.383 e. The molecule has 0 spiro atoms. The maximum atomic E-state index is 11.6. The maximum Gasteiger partial charge on any atom is 0.248 e. The molecule has 7 nitrogen and oxygen atoms in total. The monoisotopic (exact) mass is 370 g/mol. The third-order valence-corrected chi connectivity index (χ3v) is 5.34. The highest BCUT2D eigenvalue weighted by Crippen LogP contribution is 2.38. The summed E-state index contributed by atoms with van der Waals surface area (Å²) in [6, 6.07) is 15.5. The van der Waals surface area contributed by atoms with Gasteiger partial charge in [-0.1, -0.05) is 36.4 Å². The lowest BCUT2D eigenvalue weighted by atomic mass is 10.1. The largest absolute Gasteiger partial charge is 0.383 e.